The molecule has 32 heavy (non-hydrogen) atoms. The average Bonchev–Trinajstić information content (AvgIpc) is 2.86. The molecule has 3 aliphatic heterocycles. The van der Waals surface area contributed by atoms with E-state index in [4.69, 9.17) is 0 Å². The van der Waals surface area contributed by atoms with Gasteiger partial charge in [0.15, 0.2) is 0 Å². The standard InChI is InChI=1S/C28H29N3O/c32-27(13-10-21-8-11-24(12-9-21)23-6-2-1-3-7-23)30-28-25-14-17-31(18-15-25)26(28)19-22-5-4-16-29-20-22/h1-13,16,20,25-26,28H,14-15,17-19H2,(H,30,32)/b13-10+/t26-,28+/m0/s1. The number of rotatable bonds is 6. The number of carbonyl (C=O) groups excluding carboxylic acids is 1. The van der Waals surface area contributed by atoms with Gasteiger partial charge in [-0.3, -0.25) is 14.7 Å². The van der Waals surface area contributed by atoms with Crippen LogP contribution < -0.4 is 5.32 Å². The van der Waals surface area contributed by atoms with Gasteiger partial charge < -0.3 is 5.32 Å². The summed E-state index contributed by atoms with van der Waals surface area (Å²) in [6.07, 6.45) is 10.6. The number of hydrogen-bond donors (Lipinski definition) is 1. The predicted octanol–water partition coefficient (Wildman–Crippen LogP) is 4.58. The summed E-state index contributed by atoms with van der Waals surface area (Å²) in [5.41, 5.74) is 4.64. The fraction of sp³-hybridized carbons (Fsp3) is 0.286. The fourth-order valence-electron chi connectivity index (χ4n) is 5.18. The number of fused-ring (bicyclic) bond motifs is 3. The minimum Gasteiger partial charge on any atom is -0.348 e. The van der Waals surface area contributed by atoms with Gasteiger partial charge in [-0.2, -0.15) is 0 Å². The van der Waals surface area contributed by atoms with Crippen LogP contribution in [0.3, 0.4) is 0 Å². The monoisotopic (exact) mass is 423 g/mol. The number of piperidine rings is 3. The lowest BCUT2D eigenvalue weighted by atomic mass is 9.77. The second-order valence-corrected chi connectivity index (χ2v) is 8.86. The van der Waals surface area contributed by atoms with Crippen LogP contribution in [0.15, 0.2) is 85.2 Å². The lowest BCUT2D eigenvalue weighted by Crippen LogP contribution is -2.64. The minimum absolute atomic E-state index is 0.00734. The lowest BCUT2D eigenvalue weighted by Gasteiger charge is -2.51. The van der Waals surface area contributed by atoms with Crippen LogP contribution in [-0.2, 0) is 11.2 Å². The molecule has 4 nitrogen and oxygen atoms in total. The molecule has 3 aliphatic rings. The molecule has 1 N–H and O–H groups in total. The first kappa shape index (κ1) is 20.7. The van der Waals surface area contributed by atoms with Crippen molar-refractivity contribution in [1.82, 2.24) is 15.2 Å². The van der Waals surface area contributed by atoms with Gasteiger partial charge in [0.1, 0.15) is 0 Å². The first-order chi connectivity index (χ1) is 15.8. The Hall–Kier alpha value is -3.24. The van der Waals surface area contributed by atoms with E-state index in [0.717, 1.165) is 25.1 Å². The molecule has 4 heteroatoms. The Morgan fingerprint density at radius 2 is 1.72 bits per heavy atom. The van der Waals surface area contributed by atoms with Crippen molar-refractivity contribution in [3.63, 3.8) is 0 Å². The number of benzene rings is 2. The first-order valence-electron chi connectivity index (χ1n) is 11.5. The summed E-state index contributed by atoms with van der Waals surface area (Å²) in [5, 5.41) is 3.34. The molecule has 4 heterocycles. The van der Waals surface area contributed by atoms with Crippen molar-refractivity contribution in [2.24, 2.45) is 5.92 Å². The summed E-state index contributed by atoms with van der Waals surface area (Å²) < 4.78 is 0. The van der Waals surface area contributed by atoms with Crippen molar-refractivity contribution in [2.75, 3.05) is 13.1 Å². The normalized spacial score (nSPS) is 24.5. The van der Waals surface area contributed by atoms with Gasteiger partial charge in [0.05, 0.1) is 0 Å². The van der Waals surface area contributed by atoms with Gasteiger partial charge in [0.25, 0.3) is 0 Å². The van der Waals surface area contributed by atoms with Crippen LogP contribution in [0.4, 0.5) is 0 Å². The van der Waals surface area contributed by atoms with E-state index >= 15 is 0 Å². The Morgan fingerprint density at radius 1 is 0.969 bits per heavy atom. The van der Waals surface area contributed by atoms with Gasteiger partial charge in [-0.1, -0.05) is 60.7 Å². The highest BCUT2D eigenvalue weighted by Gasteiger charge is 2.42. The molecular weight excluding hydrogens is 394 g/mol. The second-order valence-electron chi connectivity index (χ2n) is 8.86. The maximum Gasteiger partial charge on any atom is 0.244 e. The van der Waals surface area contributed by atoms with Crippen LogP contribution in [0.25, 0.3) is 17.2 Å². The largest absolute Gasteiger partial charge is 0.348 e. The Labute approximate surface area is 190 Å². The van der Waals surface area contributed by atoms with E-state index in [1.807, 2.05) is 42.7 Å². The van der Waals surface area contributed by atoms with Gasteiger partial charge in [0, 0.05) is 30.6 Å². The summed E-state index contributed by atoms with van der Waals surface area (Å²) in [6.45, 7) is 2.26. The molecule has 1 amide bonds. The summed E-state index contributed by atoms with van der Waals surface area (Å²) in [6, 6.07) is 23.3. The van der Waals surface area contributed by atoms with Crippen LogP contribution in [-0.4, -0.2) is 41.0 Å². The van der Waals surface area contributed by atoms with Gasteiger partial charge in [-0.15, -0.1) is 0 Å². The van der Waals surface area contributed by atoms with Crippen molar-refractivity contribution < 1.29 is 4.79 Å². The SMILES string of the molecule is O=C(/C=C/c1ccc(-c2ccccc2)cc1)N[C@@H]1C2CCN(CC2)[C@H]1Cc1cccnc1. The highest BCUT2D eigenvalue weighted by Crippen LogP contribution is 2.34. The number of nitrogens with zero attached hydrogens (tertiary/aromatic N) is 2. The van der Waals surface area contributed by atoms with E-state index in [1.165, 1.54) is 29.5 Å². The number of pyridine rings is 1. The third-order valence-electron chi connectivity index (χ3n) is 6.89. The maximum atomic E-state index is 12.8. The smallest absolute Gasteiger partial charge is 0.244 e. The van der Waals surface area contributed by atoms with E-state index in [-0.39, 0.29) is 11.9 Å². The molecule has 0 radical (unpaired) electrons. The van der Waals surface area contributed by atoms with Crippen molar-refractivity contribution in [2.45, 2.75) is 31.3 Å². The van der Waals surface area contributed by atoms with E-state index in [9.17, 15) is 4.79 Å². The Bertz CT molecular complexity index is 1050. The van der Waals surface area contributed by atoms with Crippen LogP contribution in [0.5, 0.6) is 0 Å². The molecule has 162 valence electrons. The number of carbonyl (C=O) groups is 1. The molecular formula is C28H29N3O. The number of amides is 1. The molecule has 0 aliphatic carbocycles. The molecule has 2 atom stereocenters. The zero-order valence-corrected chi connectivity index (χ0v) is 18.2. The summed E-state index contributed by atoms with van der Waals surface area (Å²) >= 11 is 0. The zero-order valence-electron chi connectivity index (χ0n) is 18.2. The quantitative estimate of drug-likeness (QED) is 0.590. The maximum absolute atomic E-state index is 12.8. The molecule has 6 rings (SSSR count). The third-order valence-corrected chi connectivity index (χ3v) is 6.89. The highest BCUT2D eigenvalue weighted by molar-refractivity contribution is 5.92. The Balaban J connectivity index is 1.24. The summed E-state index contributed by atoms with van der Waals surface area (Å²) in [4.78, 5) is 19.6. The molecule has 0 saturated carbocycles. The third kappa shape index (κ3) is 4.66. The Kier molecular flexibility index (Phi) is 6.13. The summed E-state index contributed by atoms with van der Waals surface area (Å²) in [7, 11) is 0. The number of aromatic nitrogens is 1. The van der Waals surface area contributed by atoms with Crippen molar-refractivity contribution >= 4 is 12.0 Å². The molecule has 2 aromatic carbocycles. The van der Waals surface area contributed by atoms with Gasteiger partial charge in [-0.25, -0.2) is 0 Å². The van der Waals surface area contributed by atoms with E-state index in [1.54, 1.807) is 6.08 Å². The van der Waals surface area contributed by atoms with Crippen LogP contribution in [0, 0.1) is 5.92 Å². The van der Waals surface area contributed by atoms with Gasteiger partial charge in [-0.05, 0) is 72.7 Å². The lowest BCUT2D eigenvalue weighted by molar-refractivity contribution is -0.119. The predicted molar refractivity (Wildman–Crippen MR) is 129 cm³/mol. The first-order valence-corrected chi connectivity index (χ1v) is 11.5. The van der Waals surface area contributed by atoms with Crippen molar-refractivity contribution in [1.29, 1.82) is 0 Å². The van der Waals surface area contributed by atoms with Crippen molar-refractivity contribution in [3.8, 4) is 11.1 Å². The molecule has 3 fully saturated rings. The van der Waals surface area contributed by atoms with Gasteiger partial charge in [0.2, 0.25) is 5.91 Å². The van der Waals surface area contributed by atoms with E-state index < -0.39 is 0 Å². The van der Waals surface area contributed by atoms with Crippen molar-refractivity contribution in [3.05, 3.63) is 96.3 Å². The Morgan fingerprint density at radius 3 is 2.44 bits per heavy atom. The van der Waals surface area contributed by atoms with Crippen LogP contribution in [0.2, 0.25) is 0 Å². The molecule has 0 unspecified atom stereocenters. The molecule has 2 bridgehead atoms. The topological polar surface area (TPSA) is 45.2 Å². The number of hydrogen-bond acceptors (Lipinski definition) is 3. The second kappa shape index (κ2) is 9.49. The molecule has 1 aromatic heterocycles. The van der Waals surface area contributed by atoms with Gasteiger partial charge >= 0.3 is 0 Å². The minimum atomic E-state index is -0.00734. The van der Waals surface area contributed by atoms with Crippen LogP contribution >= 0.6 is 0 Å². The molecule has 3 aromatic rings. The highest BCUT2D eigenvalue weighted by atomic mass is 16.1. The summed E-state index contributed by atoms with van der Waals surface area (Å²) in [5.74, 6) is 0.552. The average molecular weight is 424 g/mol. The molecule has 3 saturated heterocycles. The number of nitrogens with one attached hydrogen (secondary N) is 1. The zero-order chi connectivity index (χ0) is 21.8. The molecule has 0 spiro atoms. The fourth-order valence-corrected chi connectivity index (χ4v) is 5.18. The van der Waals surface area contributed by atoms with Crippen LogP contribution in [0.1, 0.15) is 24.0 Å². The van der Waals surface area contributed by atoms with E-state index in [0.29, 0.717) is 12.0 Å². The van der Waals surface area contributed by atoms with E-state index in [2.05, 4.69) is 57.7 Å².